The molecule has 1 saturated heterocycles. The molecule has 0 spiro atoms. The summed E-state index contributed by atoms with van der Waals surface area (Å²) >= 11 is 1.17. The number of anilines is 2. The minimum Gasteiger partial charge on any atom is -0.453 e. The highest BCUT2D eigenvalue weighted by Crippen LogP contribution is 2.33. The Morgan fingerprint density at radius 3 is 2.64 bits per heavy atom. The molecule has 5 rings (SSSR count). The number of nitrogens with zero attached hydrogens (tertiary/aromatic N) is 5. The first-order chi connectivity index (χ1) is 20.1. The molecule has 1 fully saturated rings. The summed E-state index contributed by atoms with van der Waals surface area (Å²) in [4.78, 5) is 31.4. The van der Waals surface area contributed by atoms with E-state index in [0.29, 0.717) is 59.8 Å². The van der Waals surface area contributed by atoms with Crippen LogP contribution in [0.15, 0.2) is 48.8 Å². The van der Waals surface area contributed by atoms with Crippen LogP contribution in [0.1, 0.15) is 27.0 Å². The number of nitrogens with one attached hydrogen (secondary N) is 2. The third-order valence-corrected chi connectivity index (χ3v) is 7.39. The molecule has 0 bridgehead atoms. The van der Waals surface area contributed by atoms with Crippen molar-refractivity contribution in [3.8, 4) is 16.3 Å². The van der Waals surface area contributed by atoms with Gasteiger partial charge in [0.2, 0.25) is 0 Å². The van der Waals surface area contributed by atoms with Crippen LogP contribution >= 0.6 is 11.3 Å². The van der Waals surface area contributed by atoms with E-state index < -0.39 is 23.7 Å². The number of hydrogen-bond acceptors (Lipinski definition) is 9. The second kappa shape index (κ2) is 12.3. The number of amides is 2. The molecule has 2 aromatic heterocycles. The lowest BCUT2D eigenvalue weighted by Crippen LogP contribution is -2.35. The molecule has 11 nitrogen and oxygen atoms in total. The Morgan fingerprint density at radius 2 is 1.90 bits per heavy atom. The van der Waals surface area contributed by atoms with Crippen molar-refractivity contribution in [2.24, 2.45) is 0 Å². The summed E-state index contributed by atoms with van der Waals surface area (Å²) in [7, 11) is 1.25. The maximum Gasteiger partial charge on any atom is 0.416 e. The smallest absolute Gasteiger partial charge is 0.416 e. The highest BCUT2D eigenvalue weighted by Gasteiger charge is 2.31. The Balaban J connectivity index is 1.36. The average molecular weight is 602 g/mol. The summed E-state index contributed by atoms with van der Waals surface area (Å²) in [5, 5.41) is 13.8. The summed E-state index contributed by atoms with van der Waals surface area (Å²) in [6.07, 6.45) is -2.05. The second-order valence-corrected chi connectivity index (χ2v) is 10.5. The van der Waals surface area contributed by atoms with Gasteiger partial charge in [0, 0.05) is 37.1 Å². The largest absolute Gasteiger partial charge is 0.453 e. The lowest BCUT2D eigenvalue weighted by atomic mass is 10.1. The van der Waals surface area contributed by atoms with E-state index in [1.807, 2.05) is 11.8 Å². The van der Waals surface area contributed by atoms with Gasteiger partial charge in [-0.15, -0.1) is 5.10 Å². The normalized spacial score (nSPS) is 14.0. The zero-order valence-electron chi connectivity index (χ0n) is 22.6. The third-order valence-electron chi connectivity index (χ3n) is 6.45. The number of carbonyl (C=O) groups excluding carboxylic acids is 2. The second-order valence-electron chi connectivity index (χ2n) is 9.45. The van der Waals surface area contributed by atoms with Gasteiger partial charge in [0.05, 0.1) is 42.6 Å². The van der Waals surface area contributed by atoms with Crippen molar-refractivity contribution in [1.82, 2.24) is 24.9 Å². The van der Waals surface area contributed by atoms with Crippen LogP contribution in [0, 0.1) is 6.92 Å². The van der Waals surface area contributed by atoms with Gasteiger partial charge < -0.3 is 14.8 Å². The Bertz CT molecular complexity index is 1600. The lowest BCUT2D eigenvalue weighted by Gasteiger charge is -2.27. The Hall–Kier alpha value is -4.34. The molecule has 15 heteroatoms. The van der Waals surface area contributed by atoms with E-state index in [9.17, 15) is 22.8 Å². The van der Waals surface area contributed by atoms with Crippen LogP contribution in [-0.2, 0) is 22.2 Å². The fourth-order valence-electron chi connectivity index (χ4n) is 4.32. The van der Waals surface area contributed by atoms with E-state index in [1.165, 1.54) is 29.3 Å². The van der Waals surface area contributed by atoms with Crippen molar-refractivity contribution < 1.29 is 32.2 Å². The van der Waals surface area contributed by atoms with Crippen LogP contribution in [-0.4, -0.2) is 70.3 Å². The Morgan fingerprint density at radius 1 is 1.12 bits per heavy atom. The summed E-state index contributed by atoms with van der Waals surface area (Å²) < 4.78 is 52.4. The number of carbonyl (C=O) groups is 2. The molecular weight excluding hydrogens is 575 g/mol. The van der Waals surface area contributed by atoms with Crippen LogP contribution in [0.2, 0.25) is 0 Å². The van der Waals surface area contributed by atoms with Crippen LogP contribution in [0.4, 0.5) is 28.8 Å². The van der Waals surface area contributed by atoms with E-state index in [1.54, 1.807) is 30.5 Å². The van der Waals surface area contributed by atoms with Crippen LogP contribution < -0.4 is 10.6 Å². The molecule has 0 aliphatic carbocycles. The number of benzene rings is 2. The van der Waals surface area contributed by atoms with Crippen molar-refractivity contribution in [2.75, 3.05) is 44.0 Å². The minimum atomic E-state index is -4.57. The van der Waals surface area contributed by atoms with Gasteiger partial charge in [0.15, 0.2) is 5.13 Å². The number of methoxy groups -OCH3 is 1. The monoisotopic (exact) mass is 601 g/mol. The molecule has 4 aromatic rings. The molecule has 0 unspecified atom stereocenters. The zero-order chi connectivity index (χ0) is 29.9. The van der Waals surface area contributed by atoms with Crippen molar-refractivity contribution in [2.45, 2.75) is 19.6 Å². The van der Waals surface area contributed by atoms with Crippen molar-refractivity contribution >= 4 is 34.2 Å². The summed E-state index contributed by atoms with van der Waals surface area (Å²) in [5.41, 5.74) is 1.69. The number of alkyl halides is 3. The van der Waals surface area contributed by atoms with Gasteiger partial charge in [0.25, 0.3) is 5.91 Å². The van der Waals surface area contributed by atoms with Gasteiger partial charge in [-0.3, -0.25) is 15.0 Å². The SMILES string of the molecule is COC(=O)Nc1ncc(-c2cn(-c3cc(C(=O)Nc4cc(CN5CCOCC5)cc(C(F)(F)F)c4)ccc3C)nn2)s1. The van der Waals surface area contributed by atoms with Crippen molar-refractivity contribution in [3.63, 3.8) is 0 Å². The molecule has 3 heterocycles. The number of halogens is 3. The predicted molar refractivity (Wildman–Crippen MR) is 149 cm³/mol. The van der Waals surface area contributed by atoms with Crippen molar-refractivity contribution in [1.29, 1.82) is 0 Å². The van der Waals surface area contributed by atoms with Gasteiger partial charge in [-0.05, 0) is 48.4 Å². The predicted octanol–water partition coefficient (Wildman–Crippen LogP) is 4.98. The average Bonchev–Trinajstić information content (AvgIpc) is 3.63. The number of rotatable bonds is 7. The van der Waals surface area contributed by atoms with Gasteiger partial charge in [-0.1, -0.05) is 22.6 Å². The van der Waals surface area contributed by atoms with E-state index in [4.69, 9.17) is 4.74 Å². The molecular formula is C27H26F3N7O4S. The topological polar surface area (TPSA) is 124 Å². The van der Waals surface area contributed by atoms with Crippen LogP contribution in [0.5, 0.6) is 0 Å². The molecule has 42 heavy (non-hydrogen) atoms. The summed E-state index contributed by atoms with van der Waals surface area (Å²) in [6.45, 7) is 4.39. The van der Waals surface area contributed by atoms with Crippen LogP contribution in [0.25, 0.3) is 16.3 Å². The molecule has 2 N–H and O–H groups in total. The number of aryl methyl sites for hydroxylation is 1. The Labute approximate surface area is 242 Å². The van der Waals surface area contributed by atoms with Gasteiger partial charge >= 0.3 is 12.3 Å². The highest BCUT2D eigenvalue weighted by molar-refractivity contribution is 7.19. The quantitative estimate of drug-likeness (QED) is 0.304. The first-order valence-corrected chi connectivity index (χ1v) is 13.6. The molecule has 220 valence electrons. The highest BCUT2D eigenvalue weighted by atomic mass is 32.1. The third kappa shape index (κ3) is 6.92. The molecule has 1 aliphatic heterocycles. The lowest BCUT2D eigenvalue weighted by molar-refractivity contribution is -0.137. The fourth-order valence-corrected chi connectivity index (χ4v) is 5.07. The zero-order valence-corrected chi connectivity index (χ0v) is 23.4. The first-order valence-electron chi connectivity index (χ1n) is 12.8. The number of hydrogen-bond donors (Lipinski definition) is 2. The summed E-state index contributed by atoms with van der Waals surface area (Å²) in [6, 6.07) is 8.48. The number of aromatic nitrogens is 4. The first kappa shape index (κ1) is 29.2. The number of morpholine rings is 1. The molecule has 2 amide bonds. The molecule has 1 aliphatic rings. The molecule has 0 atom stereocenters. The molecule has 0 radical (unpaired) electrons. The van der Waals surface area contributed by atoms with E-state index in [2.05, 4.69) is 30.7 Å². The minimum absolute atomic E-state index is 0.0461. The van der Waals surface area contributed by atoms with E-state index in [-0.39, 0.29) is 11.3 Å². The van der Waals surface area contributed by atoms with E-state index >= 15 is 0 Å². The maximum absolute atomic E-state index is 13.7. The summed E-state index contributed by atoms with van der Waals surface area (Å²) in [5.74, 6) is -0.575. The van der Waals surface area contributed by atoms with Crippen molar-refractivity contribution in [3.05, 3.63) is 71.0 Å². The fraction of sp³-hybridized carbons (Fsp3) is 0.296. The van der Waals surface area contributed by atoms with Gasteiger partial charge in [-0.2, -0.15) is 13.2 Å². The number of thiazole rings is 1. The Kier molecular flexibility index (Phi) is 8.51. The van der Waals surface area contributed by atoms with Gasteiger partial charge in [0.1, 0.15) is 5.69 Å². The van der Waals surface area contributed by atoms with Crippen LogP contribution in [0.3, 0.4) is 0 Å². The maximum atomic E-state index is 13.7. The number of ether oxygens (including phenoxy) is 2. The molecule has 0 saturated carbocycles. The standard InChI is InChI=1S/C27H26F3N7O4S/c1-16-3-4-18(11-22(16)37-15-21(34-35-37)23-13-31-25(42-23)33-26(39)40-2)24(38)32-20-10-17(9-19(12-20)27(28,29)30)14-36-5-7-41-8-6-36/h3-4,9-13,15H,5-8,14H2,1-2H3,(H,32,38)(H,31,33,39). The van der Waals surface area contributed by atoms with Gasteiger partial charge in [-0.25, -0.2) is 14.5 Å². The molecule has 2 aromatic carbocycles. The van der Waals surface area contributed by atoms with E-state index in [0.717, 1.165) is 17.7 Å².